The number of hydrogen-bond acceptors (Lipinski definition) is 3. The van der Waals surface area contributed by atoms with Crippen LogP contribution in [0.25, 0.3) is 0 Å². The minimum atomic E-state index is -1.90. The summed E-state index contributed by atoms with van der Waals surface area (Å²) < 4.78 is 5.29. The van der Waals surface area contributed by atoms with Gasteiger partial charge in [-0.15, -0.1) is 0 Å². The topological polar surface area (TPSA) is 66.8 Å². The maximum Gasteiger partial charge on any atom is 0.338 e. The maximum absolute atomic E-state index is 11.1. The van der Waals surface area contributed by atoms with Crippen molar-refractivity contribution in [2.24, 2.45) is 0 Å². The van der Waals surface area contributed by atoms with Crippen molar-refractivity contribution in [2.45, 2.75) is 19.6 Å². The summed E-state index contributed by atoms with van der Waals surface area (Å²) in [6.07, 6.45) is 4.51. The van der Waals surface area contributed by atoms with Crippen molar-refractivity contribution < 1.29 is 19.7 Å². The van der Waals surface area contributed by atoms with Gasteiger partial charge >= 0.3 is 5.97 Å². The van der Waals surface area contributed by atoms with Gasteiger partial charge in [0.1, 0.15) is 11.3 Å². The first-order chi connectivity index (χ1) is 8.47. The van der Waals surface area contributed by atoms with Crippen molar-refractivity contribution in [3.05, 3.63) is 54.1 Å². The van der Waals surface area contributed by atoms with Gasteiger partial charge in [0, 0.05) is 6.92 Å². The molecule has 1 rings (SSSR count). The number of carboxylic acid groups (broad SMARTS) is 1. The number of allylic oxidation sites excluding steroid dienone is 3. The van der Waals surface area contributed by atoms with Gasteiger partial charge in [-0.1, -0.05) is 30.4 Å². The number of benzene rings is 1. The number of para-hydroxylation sites is 1. The van der Waals surface area contributed by atoms with Gasteiger partial charge in [-0.25, -0.2) is 4.79 Å². The Balaban J connectivity index is 2.99. The lowest BCUT2D eigenvalue weighted by atomic mass is 10.1. The van der Waals surface area contributed by atoms with Gasteiger partial charge in [-0.3, -0.25) is 0 Å². The molecule has 18 heavy (non-hydrogen) atoms. The molecule has 0 aromatic heterocycles. The zero-order valence-corrected chi connectivity index (χ0v) is 10.3. The van der Waals surface area contributed by atoms with Gasteiger partial charge in [0.15, 0.2) is 0 Å². The fourth-order valence-corrected chi connectivity index (χ4v) is 1.39. The smallest absolute Gasteiger partial charge is 0.338 e. The first kappa shape index (κ1) is 14.0. The second-order valence-electron chi connectivity index (χ2n) is 3.81. The number of hydrogen-bond donors (Lipinski definition) is 2. The number of carboxylic acids is 1. The number of aliphatic hydroxyl groups is 1. The Morgan fingerprint density at radius 1 is 1.33 bits per heavy atom. The van der Waals surface area contributed by atoms with Crippen molar-refractivity contribution in [1.82, 2.24) is 0 Å². The van der Waals surface area contributed by atoms with Crippen LogP contribution in [0.2, 0.25) is 0 Å². The van der Waals surface area contributed by atoms with Gasteiger partial charge < -0.3 is 14.9 Å². The molecule has 0 aliphatic rings. The average molecular weight is 248 g/mol. The molecule has 0 saturated heterocycles. The van der Waals surface area contributed by atoms with E-state index in [1.807, 2.05) is 0 Å². The third-order valence-electron chi connectivity index (χ3n) is 2.25. The van der Waals surface area contributed by atoms with Crippen LogP contribution in [0, 0.1) is 0 Å². The van der Waals surface area contributed by atoms with E-state index in [1.165, 1.54) is 19.1 Å². The Morgan fingerprint density at radius 3 is 2.44 bits per heavy atom. The van der Waals surface area contributed by atoms with Crippen LogP contribution in [0.15, 0.2) is 54.1 Å². The molecule has 0 aliphatic heterocycles. The molecule has 96 valence electrons. The second kappa shape index (κ2) is 6.02. The minimum absolute atomic E-state index is 0.232. The fraction of sp³-hybridized carbons (Fsp3) is 0.214. The van der Waals surface area contributed by atoms with Crippen LogP contribution >= 0.6 is 0 Å². The van der Waals surface area contributed by atoms with E-state index in [-0.39, 0.29) is 5.57 Å². The highest BCUT2D eigenvalue weighted by molar-refractivity contribution is 5.88. The lowest BCUT2D eigenvalue weighted by molar-refractivity contribution is -0.143. The standard InChI is InChI=1S/C14H16O4/c1-3-4-10-12(13(15)16)14(2,17)18-11-8-6-5-7-9-11/h3-10,17H,1-2H3,(H,15,16)/b4-3+,12-10-. The van der Waals surface area contributed by atoms with Crippen molar-refractivity contribution in [3.63, 3.8) is 0 Å². The van der Waals surface area contributed by atoms with Crippen LogP contribution in [0.4, 0.5) is 0 Å². The lowest BCUT2D eigenvalue weighted by Crippen LogP contribution is -2.37. The summed E-state index contributed by atoms with van der Waals surface area (Å²) in [6.45, 7) is 3.05. The molecule has 0 fully saturated rings. The summed E-state index contributed by atoms with van der Waals surface area (Å²) >= 11 is 0. The molecule has 2 N–H and O–H groups in total. The summed E-state index contributed by atoms with van der Waals surface area (Å²) in [6, 6.07) is 8.56. The van der Waals surface area contributed by atoms with Crippen LogP contribution in [0.5, 0.6) is 5.75 Å². The van der Waals surface area contributed by atoms with Crippen LogP contribution in [0.3, 0.4) is 0 Å². The molecule has 1 aromatic rings. The zero-order valence-electron chi connectivity index (χ0n) is 10.3. The van der Waals surface area contributed by atoms with Gasteiger partial charge in [0.2, 0.25) is 5.79 Å². The average Bonchev–Trinajstić information content (AvgIpc) is 2.29. The van der Waals surface area contributed by atoms with Crippen molar-refractivity contribution in [2.75, 3.05) is 0 Å². The van der Waals surface area contributed by atoms with E-state index in [0.717, 1.165) is 0 Å². The summed E-state index contributed by atoms with van der Waals surface area (Å²) in [5.74, 6) is -2.73. The Bertz CT molecular complexity index is 458. The molecule has 1 atom stereocenters. The van der Waals surface area contributed by atoms with E-state index in [9.17, 15) is 9.90 Å². The molecule has 4 heteroatoms. The number of rotatable bonds is 5. The van der Waals surface area contributed by atoms with Crippen LogP contribution in [-0.4, -0.2) is 22.0 Å². The molecule has 0 radical (unpaired) electrons. The van der Waals surface area contributed by atoms with Crippen molar-refractivity contribution in [3.8, 4) is 5.75 Å². The molecule has 0 aliphatic carbocycles. The molecule has 0 saturated carbocycles. The molecule has 0 heterocycles. The largest absolute Gasteiger partial charge is 0.478 e. The van der Waals surface area contributed by atoms with E-state index in [2.05, 4.69) is 0 Å². The monoisotopic (exact) mass is 248 g/mol. The summed E-state index contributed by atoms with van der Waals surface area (Å²) in [4.78, 5) is 11.1. The number of aliphatic carboxylic acids is 1. The highest BCUT2D eigenvalue weighted by Crippen LogP contribution is 2.22. The number of ether oxygens (including phenoxy) is 1. The Hall–Kier alpha value is -2.07. The quantitative estimate of drug-likeness (QED) is 0.477. The highest BCUT2D eigenvalue weighted by Gasteiger charge is 2.33. The van der Waals surface area contributed by atoms with E-state index in [4.69, 9.17) is 9.84 Å². The molecule has 1 unspecified atom stereocenters. The van der Waals surface area contributed by atoms with E-state index in [1.54, 1.807) is 43.3 Å². The van der Waals surface area contributed by atoms with Crippen molar-refractivity contribution >= 4 is 5.97 Å². The number of carbonyl (C=O) groups is 1. The molecular weight excluding hydrogens is 232 g/mol. The van der Waals surface area contributed by atoms with Gasteiger partial charge in [0.25, 0.3) is 0 Å². The third kappa shape index (κ3) is 3.75. The predicted molar refractivity (Wildman–Crippen MR) is 68.2 cm³/mol. The maximum atomic E-state index is 11.1. The van der Waals surface area contributed by atoms with Crippen LogP contribution in [0.1, 0.15) is 13.8 Å². The first-order valence-corrected chi connectivity index (χ1v) is 5.50. The Kier molecular flexibility index (Phi) is 4.68. The zero-order chi connectivity index (χ0) is 13.6. The summed E-state index contributed by atoms with van der Waals surface area (Å²) in [5, 5.41) is 19.2. The van der Waals surface area contributed by atoms with Gasteiger partial charge in [-0.2, -0.15) is 0 Å². The minimum Gasteiger partial charge on any atom is -0.478 e. The van der Waals surface area contributed by atoms with Crippen LogP contribution in [-0.2, 0) is 4.79 Å². The summed E-state index contributed by atoms with van der Waals surface area (Å²) in [5.41, 5.74) is -0.232. The molecule has 0 spiro atoms. The van der Waals surface area contributed by atoms with E-state index in [0.29, 0.717) is 5.75 Å². The van der Waals surface area contributed by atoms with Crippen molar-refractivity contribution in [1.29, 1.82) is 0 Å². The molecule has 4 nitrogen and oxygen atoms in total. The SMILES string of the molecule is C/C=C/C=C(/C(=O)O)C(C)(O)Oc1ccccc1. The predicted octanol–water partition coefficient (Wildman–Crippen LogP) is 2.36. The van der Waals surface area contributed by atoms with E-state index < -0.39 is 11.8 Å². The van der Waals surface area contributed by atoms with E-state index >= 15 is 0 Å². The normalized spacial score (nSPS) is 15.4. The summed E-state index contributed by atoms with van der Waals surface area (Å²) in [7, 11) is 0. The van der Waals surface area contributed by atoms with Gasteiger partial charge in [0.05, 0.1) is 0 Å². The fourth-order valence-electron chi connectivity index (χ4n) is 1.39. The molecule has 1 aromatic carbocycles. The van der Waals surface area contributed by atoms with Gasteiger partial charge in [-0.05, 0) is 25.1 Å². The first-order valence-electron chi connectivity index (χ1n) is 5.50. The van der Waals surface area contributed by atoms with Crippen LogP contribution < -0.4 is 4.74 Å². The second-order valence-corrected chi connectivity index (χ2v) is 3.81. The third-order valence-corrected chi connectivity index (χ3v) is 2.25. The lowest BCUT2D eigenvalue weighted by Gasteiger charge is -2.25. The highest BCUT2D eigenvalue weighted by atomic mass is 16.6. The molecule has 0 bridgehead atoms. The Labute approximate surface area is 106 Å². The molecule has 0 amide bonds. The Morgan fingerprint density at radius 2 is 1.94 bits per heavy atom. The molecular formula is C14H16O4.